The van der Waals surface area contributed by atoms with Crippen molar-refractivity contribution in [2.24, 2.45) is 15.7 Å². The molecule has 0 aliphatic carbocycles. The van der Waals surface area contributed by atoms with E-state index in [4.69, 9.17) is 5.73 Å². The highest BCUT2D eigenvalue weighted by atomic mass is 127. The summed E-state index contributed by atoms with van der Waals surface area (Å²) in [5, 5.41) is 0. The molecular weight excluding hydrogens is 300 g/mol. The Bertz CT molecular complexity index is 186. The van der Waals surface area contributed by atoms with Gasteiger partial charge in [-0.25, -0.2) is 9.98 Å². The van der Waals surface area contributed by atoms with Crippen LogP contribution in [0.3, 0.4) is 0 Å². The van der Waals surface area contributed by atoms with Crippen LogP contribution in [-0.4, -0.2) is 22.1 Å². The van der Waals surface area contributed by atoms with Crippen LogP contribution in [0.2, 0.25) is 0 Å². The molecule has 0 aliphatic heterocycles. The molecule has 0 aliphatic rings. The van der Waals surface area contributed by atoms with Crippen molar-refractivity contribution in [3.8, 4) is 0 Å². The van der Waals surface area contributed by atoms with Gasteiger partial charge < -0.3 is 5.73 Å². The van der Waals surface area contributed by atoms with Gasteiger partial charge in [0, 0.05) is 0 Å². The summed E-state index contributed by atoms with van der Waals surface area (Å²) in [5.41, 5.74) is 5.31. The first-order valence-corrected chi connectivity index (χ1v) is 5.23. The molecule has 0 bridgehead atoms. The van der Waals surface area contributed by atoms with Crippen molar-refractivity contribution in [3.63, 3.8) is 0 Å². The van der Waals surface area contributed by atoms with Gasteiger partial charge in [-0.3, -0.25) is 0 Å². The van der Waals surface area contributed by atoms with Crippen LogP contribution in [0, 0.1) is 0 Å². The van der Waals surface area contributed by atoms with Gasteiger partial charge in [-0.2, -0.15) is 0 Å². The largest absolute Gasteiger partial charge is 0.330 e. The number of alkyl halides is 1. The molecule has 1 atom stereocenters. The average molecular weight is 318 g/mol. The minimum Gasteiger partial charge on any atom is -0.330 e. The van der Waals surface area contributed by atoms with E-state index in [1.807, 2.05) is 20.8 Å². The lowest BCUT2D eigenvalue weighted by molar-refractivity contribution is 0.490. The monoisotopic (exact) mass is 317 g/mol. The van der Waals surface area contributed by atoms with Crippen LogP contribution < -0.4 is 5.73 Å². The molecule has 0 aromatic rings. The van der Waals surface area contributed by atoms with E-state index >= 15 is 0 Å². The molecule has 0 saturated heterocycles. The van der Waals surface area contributed by atoms with Gasteiger partial charge in [0.25, 0.3) is 0 Å². The van der Waals surface area contributed by atoms with E-state index < -0.39 is 0 Å². The van der Waals surface area contributed by atoms with E-state index in [1.54, 1.807) is 0 Å². The molecule has 0 amide bonds. The quantitative estimate of drug-likeness (QED) is 0.368. The third kappa shape index (κ3) is 10.3. The molecule has 5 heteroatoms. The van der Waals surface area contributed by atoms with Crippen molar-refractivity contribution < 1.29 is 0 Å². The van der Waals surface area contributed by atoms with Gasteiger partial charge in [0.15, 0.2) is 0 Å². The number of rotatable bonds is 4. The maximum Gasteiger partial charge on any atom is 0.109 e. The van der Waals surface area contributed by atoms with Crippen molar-refractivity contribution in [1.82, 2.24) is 0 Å². The molecule has 0 aromatic heterocycles. The Labute approximate surface area is 99.8 Å². The fraction of sp³-hybridized carbons (Fsp3) is 0.875. The third-order valence-corrected chi connectivity index (χ3v) is 1.62. The zero-order valence-corrected chi connectivity index (χ0v) is 11.2. The molecule has 0 heterocycles. The van der Waals surface area contributed by atoms with Gasteiger partial charge in [0.2, 0.25) is 0 Å². The van der Waals surface area contributed by atoms with Gasteiger partial charge in [-0.05, 0) is 33.7 Å². The molecule has 3 nitrogen and oxygen atoms in total. The van der Waals surface area contributed by atoms with E-state index in [0.717, 1.165) is 6.42 Å². The summed E-state index contributed by atoms with van der Waals surface area (Å²) in [6, 6.07) is 2.70. The summed E-state index contributed by atoms with van der Waals surface area (Å²) in [6.07, 6.45) is 0.866. The first-order chi connectivity index (χ1) is 5.48. The standard InChI is InChI=1S/C8H16IN3.ClH/c1-7(9)11-6-12-8(2,3)4-5-10;/h7H,4-5,10H2,1-3H3;1H. The molecule has 78 valence electrons. The Morgan fingerprint density at radius 2 is 2.08 bits per heavy atom. The second-order valence-corrected chi connectivity index (χ2v) is 5.07. The van der Waals surface area contributed by atoms with Crippen LogP contribution in [-0.2, 0) is 0 Å². The Hall–Kier alpha value is 0.360. The molecule has 0 radical (unpaired) electrons. The zero-order valence-electron chi connectivity index (χ0n) is 8.25. The lowest BCUT2D eigenvalue weighted by Crippen LogP contribution is -2.21. The summed E-state index contributed by atoms with van der Waals surface area (Å²) < 4.78 is 0.236. The summed E-state index contributed by atoms with van der Waals surface area (Å²) in [4.78, 5) is 8.21. The lowest BCUT2D eigenvalue weighted by atomic mass is 10.0. The highest BCUT2D eigenvalue weighted by Crippen LogP contribution is 2.11. The molecule has 0 rings (SSSR count). The minimum absolute atomic E-state index is 0. The van der Waals surface area contributed by atoms with Crippen LogP contribution in [0.25, 0.3) is 0 Å². The van der Waals surface area contributed by atoms with Gasteiger partial charge in [0.05, 0.1) is 11.5 Å². The third-order valence-electron chi connectivity index (χ3n) is 1.34. The highest BCUT2D eigenvalue weighted by Gasteiger charge is 2.13. The van der Waals surface area contributed by atoms with Crippen LogP contribution >= 0.6 is 35.0 Å². The van der Waals surface area contributed by atoms with Crippen LogP contribution in [0.4, 0.5) is 0 Å². The molecule has 1 unspecified atom stereocenters. The van der Waals surface area contributed by atoms with E-state index in [2.05, 4.69) is 38.6 Å². The maximum atomic E-state index is 5.43. The van der Waals surface area contributed by atoms with Crippen LogP contribution in [0.1, 0.15) is 27.2 Å². The maximum absolute atomic E-state index is 5.43. The molecular formula is C8H17ClIN3. The Balaban J connectivity index is 0. The second kappa shape index (κ2) is 7.74. The van der Waals surface area contributed by atoms with Crippen molar-refractivity contribution in [2.45, 2.75) is 36.8 Å². The van der Waals surface area contributed by atoms with Gasteiger partial charge in [0.1, 0.15) is 4.05 Å². The van der Waals surface area contributed by atoms with Crippen LogP contribution in [0.5, 0.6) is 0 Å². The van der Waals surface area contributed by atoms with Crippen molar-refractivity contribution in [2.75, 3.05) is 6.54 Å². The smallest absolute Gasteiger partial charge is 0.109 e. The summed E-state index contributed by atoms with van der Waals surface area (Å²) in [5.74, 6) is 0. The topological polar surface area (TPSA) is 50.7 Å². The number of aliphatic imine (C=N–C) groups is 2. The number of halogens is 2. The van der Waals surface area contributed by atoms with Crippen LogP contribution in [0.15, 0.2) is 9.98 Å². The summed E-state index contributed by atoms with van der Waals surface area (Å²) >= 11 is 2.20. The van der Waals surface area contributed by atoms with Gasteiger partial charge in [-0.1, -0.05) is 22.6 Å². The SMILES string of the molecule is CC(I)N=C=NC(C)(C)CCN.Cl. The fourth-order valence-electron chi connectivity index (χ4n) is 0.653. The Morgan fingerprint density at radius 1 is 1.54 bits per heavy atom. The second-order valence-electron chi connectivity index (χ2n) is 3.27. The number of nitrogens with zero attached hydrogens (tertiary/aromatic N) is 2. The molecule has 0 spiro atoms. The van der Waals surface area contributed by atoms with Gasteiger partial charge in [-0.15, -0.1) is 12.4 Å². The number of hydrogen-bond donors (Lipinski definition) is 1. The molecule has 13 heavy (non-hydrogen) atoms. The number of nitrogens with two attached hydrogens (primary N) is 1. The van der Waals surface area contributed by atoms with Gasteiger partial charge >= 0.3 is 0 Å². The van der Waals surface area contributed by atoms with Crippen molar-refractivity contribution in [1.29, 1.82) is 0 Å². The minimum atomic E-state index is -0.121. The first kappa shape index (κ1) is 15.8. The predicted octanol–water partition coefficient (Wildman–Crippen LogP) is 2.49. The first-order valence-electron chi connectivity index (χ1n) is 3.99. The molecule has 0 aromatic carbocycles. The lowest BCUT2D eigenvalue weighted by Gasteiger charge is -2.15. The molecule has 0 fully saturated rings. The number of hydrogen-bond acceptors (Lipinski definition) is 3. The Kier molecular flexibility index (Phi) is 9.41. The predicted molar refractivity (Wildman–Crippen MR) is 68.3 cm³/mol. The highest BCUT2D eigenvalue weighted by molar-refractivity contribution is 14.1. The van der Waals surface area contributed by atoms with E-state index in [0.29, 0.717) is 6.54 Å². The van der Waals surface area contributed by atoms with E-state index in [9.17, 15) is 0 Å². The fourth-order valence-corrected chi connectivity index (χ4v) is 0.777. The molecule has 0 saturated carbocycles. The summed E-state index contributed by atoms with van der Waals surface area (Å²) in [7, 11) is 0. The zero-order chi connectivity index (χ0) is 9.61. The normalized spacial score (nSPS) is 12.4. The van der Waals surface area contributed by atoms with E-state index in [-0.39, 0.29) is 22.0 Å². The van der Waals surface area contributed by atoms with Crippen molar-refractivity contribution >= 4 is 41.0 Å². The average Bonchev–Trinajstić information content (AvgIpc) is 1.85. The van der Waals surface area contributed by atoms with Crippen molar-refractivity contribution in [3.05, 3.63) is 0 Å². The Morgan fingerprint density at radius 3 is 2.46 bits per heavy atom. The van der Waals surface area contributed by atoms with E-state index in [1.165, 1.54) is 0 Å². The molecule has 2 N–H and O–H groups in total. The summed E-state index contributed by atoms with van der Waals surface area (Å²) in [6.45, 7) is 6.69.